The average molecular weight is 842 g/mol. The lowest BCUT2D eigenvalue weighted by Crippen LogP contribution is -2.59. The van der Waals surface area contributed by atoms with Gasteiger partial charge in [0, 0.05) is 60.7 Å². The van der Waals surface area contributed by atoms with Crippen LogP contribution in [0.2, 0.25) is 0 Å². The molecule has 2 aliphatic rings. The highest BCUT2D eigenvalue weighted by molar-refractivity contribution is 7.00. The molecule has 3 aromatic heterocycles. The number of hydrogen-bond donors (Lipinski definition) is 0. The van der Waals surface area contributed by atoms with Gasteiger partial charge in [-0.2, -0.15) is 0 Å². The molecule has 13 rings (SSSR count). The Morgan fingerprint density at radius 2 is 0.954 bits per heavy atom. The van der Waals surface area contributed by atoms with Crippen LogP contribution < -0.4 is 21.3 Å². The molecule has 0 fully saturated rings. The van der Waals surface area contributed by atoms with Crippen LogP contribution >= 0.6 is 0 Å². The molecule has 0 saturated carbocycles. The molecule has 0 atom stereocenters. The molecule has 0 N–H and O–H groups in total. The summed E-state index contributed by atoms with van der Waals surface area (Å²) in [4.78, 5) is 2.44. The van der Waals surface area contributed by atoms with E-state index in [0.717, 1.165) is 39.0 Å². The van der Waals surface area contributed by atoms with Crippen molar-refractivity contribution in [3.05, 3.63) is 168 Å². The van der Waals surface area contributed by atoms with Crippen molar-refractivity contribution < 1.29 is 4.42 Å². The van der Waals surface area contributed by atoms with E-state index in [-0.39, 0.29) is 23.0 Å². The van der Waals surface area contributed by atoms with Gasteiger partial charge in [-0.25, -0.2) is 0 Å². The second kappa shape index (κ2) is 12.8. The summed E-state index contributed by atoms with van der Waals surface area (Å²) in [7, 11) is 0. The third-order valence-electron chi connectivity index (χ3n) is 14.7. The van der Waals surface area contributed by atoms with E-state index in [1.807, 2.05) is 0 Å². The zero-order valence-corrected chi connectivity index (χ0v) is 38.8. The molecule has 5 heterocycles. The number of aromatic nitrogens is 2. The molecule has 65 heavy (non-hydrogen) atoms. The van der Waals surface area contributed by atoms with Gasteiger partial charge in [-0.15, -0.1) is 0 Å². The predicted octanol–water partition coefficient (Wildman–Crippen LogP) is 14.3. The van der Waals surface area contributed by atoms with Crippen molar-refractivity contribution in [2.24, 2.45) is 0 Å². The molecule has 0 spiro atoms. The van der Waals surface area contributed by atoms with Crippen molar-refractivity contribution >= 4 is 106 Å². The number of nitrogens with zero attached hydrogens (tertiary/aromatic N) is 3. The first-order chi connectivity index (χ1) is 31.1. The van der Waals surface area contributed by atoms with Gasteiger partial charge in [-0.05, 0) is 128 Å². The highest BCUT2D eigenvalue weighted by atomic mass is 16.3. The highest BCUT2D eigenvalue weighted by Crippen LogP contribution is 2.47. The Morgan fingerprint density at radius 1 is 0.415 bits per heavy atom. The fraction of sp³-hybridized carbons (Fsp3) is 0.200. The summed E-state index contributed by atoms with van der Waals surface area (Å²) in [6, 6.07) is 57.2. The van der Waals surface area contributed by atoms with E-state index < -0.39 is 0 Å². The van der Waals surface area contributed by atoms with Crippen LogP contribution in [0, 0.1) is 0 Å². The SMILES string of the molecule is CC(C)(C)c1ccc2c(c1)c1cc(C(C)(C)C)cc3c1n2-c1cc(N(c2ccccc2)c2ccccc2)cc2c1B3c1cc(C(C)(C)C)cc3c4ccc5oc6ccccc6c5c4n-2c13. The summed E-state index contributed by atoms with van der Waals surface area (Å²) in [6.07, 6.45) is 0. The normalized spacial score (nSPS) is 13.6. The molecule has 0 bridgehead atoms. The van der Waals surface area contributed by atoms with Crippen LogP contribution in [0.4, 0.5) is 17.1 Å². The molecule has 0 saturated heterocycles. The maximum absolute atomic E-state index is 6.70. The molecule has 11 aromatic rings. The molecule has 316 valence electrons. The number of benzene rings is 8. The van der Waals surface area contributed by atoms with Crippen LogP contribution in [0.15, 0.2) is 156 Å². The van der Waals surface area contributed by atoms with Crippen LogP contribution in [0.3, 0.4) is 0 Å². The van der Waals surface area contributed by atoms with Gasteiger partial charge in [0.15, 0.2) is 0 Å². The minimum absolute atomic E-state index is 0.00495. The first-order valence-electron chi connectivity index (χ1n) is 23.3. The smallest absolute Gasteiger partial charge is 0.252 e. The fourth-order valence-corrected chi connectivity index (χ4v) is 11.4. The number of rotatable bonds is 3. The summed E-state index contributed by atoms with van der Waals surface area (Å²) in [5, 5.41) is 7.48. The number of anilines is 3. The average Bonchev–Trinajstić information content (AvgIpc) is 3.94. The molecular weight excluding hydrogens is 789 g/mol. The summed E-state index contributed by atoms with van der Waals surface area (Å²) >= 11 is 0. The number of furan rings is 1. The van der Waals surface area contributed by atoms with Gasteiger partial charge in [0.25, 0.3) is 6.71 Å². The monoisotopic (exact) mass is 841 g/mol. The van der Waals surface area contributed by atoms with E-state index in [2.05, 4.69) is 228 Å². The number of para-hydroxylation sites is 3. The summed E-state index contributed by atoms with van der Waals surface area (Å²) < 4.78 is 12.0. The van der Waals surface area contributed by atoms with E-state index in [1.54, 1.807) is 0 Å². The topological polar surface area (TPSA) is 26.2 Å². The summed E-state index contributed by atoms with van der Waals surface area (Å²) in [6.45, 7) is 21.2. The predicted molar refractivity (Wildman–Crippen MR) is 278 cm³/mol. The molecule has 8 aromatic carbocycles. The van der Waals surface area contributed by atoms with E-state index in [0.29, 0.717) is 0 Å². The van der Waals surface area contributed by atoms with Crippen molar-refractivity contribution in [1.82, 2.24) is 9.13 Å². The molecule has 0 aliphatic carbocycles. The molecule has 0 unspecified atom stereocenters. The van der Waals surface area contributed by atoms with E-state index in [9.17, 15) is 0 Å². The van der Waals surface area contributed by atoms with Crippen molar-refractivity contribution in [2.75, 3.05) is 4.90 Å². The lowest BCUT2D eigenvalue weighted by atomic mass is 9.34. The Bertz CT molecular complexity index is 3790. The first-order valence-corrected chi connectivity index (χ1v) is 23.3. The van der Waals surface area contributed by atoms with Crippen LogP contribution in [0.5, 0.6) is 0 Å². The zero-order valence-electron chi connectivity index (χ0n) is 38.8. The second-order valence-electron chi connectivity index (χ2n) is 21.8. The molecule has 0 amide bonds. The lowest BCUT2D eigenvalue weighted by Gasteiger charge is -2.37. The van der Waals surface area contributed by atoms with Crippen LogP contribution in [0.25, 0.3) is 76.9 Å². The van der Waals surface area contributed by atoms with Gasteiger partial charge in [-0.1, -0.05) is 135 Å². The molecule has 4 nitrogen and oxygen atoms in total. The van der Waals surface area contributed by atoms with Crippen LogP contribution in [0.1, 0.15) is 79.0 Å². The Hall–Kier alpha value is -6.98. The maximum Gasteiger partial charge on any atom is 0.252 e. The van der Waals surface area contributed by atoms with Crippen LogP contribution in [-0.2, 0) is 16.2 Å². The number of hydrogen-bond acceptors (Lipinski definition) is 2. The standard InChI is InChI=1S/C60H52BN3O/c1-58(2,3)35-24-26-48-43(28-35)45-30-37(60(7,8)9)31-46-55(45)63(48)49-33-40(62(38-18-12-10-13-19-38)39-20-14-11-15-21-39)34-50-54(49)61(46)47-32-36(59(4,5)6)29-44-41-25-27-52-53(57(41)64(50)56(44)47)42-22-16-17-23-51(42)65-52/h10-34H,1-9H3. The van der Waals surface area contributed by atoms with Crippen molar-refractivity contribution in [1.29, 1.82) is 0 Å². The molecule has 2 aliphatic heterocycles. The minimum atomic E-state index is -0.0834. The van der Waals surface area contributed by atoms with Crippen molar-refractivity contribution in [3.63, 3.8) is 0 Å². The van der Waals surface area contributed by atoms with Gasteiger partial charge >= 0.3 is 0 Å². The van der Waals surface area contributed by atoms with E-state index >= 15 is 0 Å². The number of fused-ring (bicyclic) bond motifs is 14. The third kappa shape index (κ3) is 5.33. The van der Waals surface area contributed by atoms with Crippen molar-refractivity contribution in [2.45, 2.75) is 78.6 Å². The van der Waals surface area contributed by atoms with Gasteiger partial charge in [0.05, 0.1) is 22.1 Å². The molecule has 0 radical (unpaired) electrons. The maximum atomic E-state index is 6.70. The Kier molecular flexibility index (Phi) is 7.61. The van der Waals surface area contributed by atoms with E-state index in [4.69, 9.17) is 4.42 Å². The highest BCUT2D eigenvalue weighted by Gasteiger charge is 2.43. The zero-order chi connectivity index (χ0) is 44.5. The summed E-state index contributed by atoms with van der Waals surface area (Å²) in [5.41, 5.74) is 20.6. The second-order valence-corrected chi connectivity index (χ2v) is 21.8. The van der Waals surface area contributed by atoms with Gasteiger partial charge in [-0.3, -0.25) is 0 Å². The van der Waals surface area contributed by atoms with Gasteiger partial charge in [0.1, 0.15) is 11.2 Å². The largest absolute Gasteiger partial charge is 0.456 e. The minimum Gasteiger partial charge on any atom is -0.456 e. The molecular formula is C60H52BN3O. The van der Waals surface area contributed by atoms with Crippen LogP contribution in [-0.4, -0.2) is 15.8 Å². The van der Waals surface area contributed by atoms with Gasteiger partial charge in [0.2, 0.25) is 0 Å². The Balaban J connectivity index is 1.29. The van der Waals surface area contributed by atoms with E-state index in [1.165, 1.54) is 88.1 Å². The lowest BCUT2D eigenvalue weighted by molar-refractivity contribution is 0.590. The Morgan fingerprint density at radius 3 is 1.57 bits per heavy atom. The molecule has 5 heteroatoms. The quantitative estimate of drug-likeness (QED) is 0.166. The fourth-order valence-electron chi connectivity index (χ4n) is 11.4. The summed E-state index contributed by atoms with van der Waals surface area (Å²) in [5.74, 6) is 0. The Labute approximate surface area is 380 Å². The van der Waals surface area contributed by atoms with Gasteiger partial charge < -0.3 is 18.5 Å². The van der Waals surface area contributed by atoms with Crippen molar-refractivity contribution in [3.8, 4) is 11.4 Å². The first kappa shape index (κ1) is 38.5. The third-order valence-corrected chi connectivity index (χ3v) is 14.7.